The van der Waals surface area contributed by atoms with Crippen LogP contribution in [0.15, 0.2) is 53.4 Å². The highest BCUT2D eigenvalue weighted by molar-refractivity contribution is 8.14. The first-order valence-corrected chi connectivity index (χ1v) is 9.56. The molecule has 0 fully saturated rings. The van der Waals surface area contributed by atoms with Crippen molar-refractivity contribution in [2.24, 2.45) is 0 Å². The maximum Gasteiger partial charge on any atom is 0.338 e. The van der Waals surface area contributed by atoms with Crippen LogP contribution < -0.4 is 0 Å². The summed E-state index contributed by atoms with van der Waals surface area (Å²) in [7, 11) is 0. The number of carbonyl (C=O) groups excluding carboxylic acids is 2. The minimum Gasteiger partial charge on any atom is -0.462 e. The van der Waals surface area contributed by atoms with Gasteiger partial charge in [0.25, 0.3) is 5.69 Å². The third-order valence-corrected chi connectivity index (χ3v) is 4.77. The summed E-state index contributed by atoms with van der Waals surface area (Å²) >= 11 is 0.975. The molecule has 0 aliphatic rings. The average molecular weight is 387 g/mol. The summed E-state index contributed by atoms with van der Waals surface area (Å²) in [6, 6.07) is 12.1. The molecule has 7 heteroatoms. The van der Waals surface area contributed by atoms with Gasteiger partial charge in [0, 0.05) is 22.6 Å². The van der Waals surface area contributed by atoms with Crippen molar-refractivity contribution in [3.05, 3.63) is 69.8 Å². The molecule has 142 valence electrons. The Labute approximate surface area is 162 Å². The first kappa shape index (κ1) is 20.6. The summed E-state index contributed by atoms with van der Waals surface area (Å²) in [6.45, 7) is 2.52. The van der Waals surface area contributed by atoms with Gasteiger partial charge in [0.2, 0.25) is 5.12 Å². The molecule has 0 aromatic heterocycles. The number of ether oxygens (including phenoxy) is 1. The van der Waals surface area contributed by atoms with Gasteiger partial charge in [-0.2, -0.15) is 0 Å². The summed E-state index contributed by atoms with van der Waals surface area (Å²) in [4.78, 5) is 35.0. The largest absolute Gasteiger partial charge is 0.462 e. The Morgan fingerprint density at radius 3 is 2.19 bits per heavy atom. The fourth-order valence-corrected chi connectivity index (χ4v) is 3.06. The van der Waals surface area contributed by atoms with E-state index in [2.05, 4.69) is 6.92 Å². The fraction of sp³-hybridized carbons (Fsp3) is 0.300. The van der Waals surface area contributed by atoms with E-state index >= 15 is 0 Å². The van der Waals surface area contributed by atoms with Gasteiger partial charge in [-0.3, -0.25) is 14.9 Å². The number of esters is 1. The molecule has 0 radical (unpaired) electrons. The molecule has 0 amide bonds. The molecule has 2 rings (SSSR count). The van der Waals surface area contributed by atoms with Crippen LogP contribution in [-0.4, -0.2) is 22.6 Å². The highest BCUT2D eigenvalue weighted by Gasteiger charge is 2.12. The van der Waals surface area contributed by atoms with Gasteiger partial charge in [-0.15, -0.1) is 0 Å². The standard InChI is InChI=1S/C20H21NO5S/c1-2-3-4-5-14-26-19(22)15-6-8-16(9-7-15)20(23)27-18-12-10-17(11-13-18)21(24)25/h6-13H,2-5,14H2,1H3. The Balaban J connectivity index is 1.89. The Morgan fingerprint density at radius 2 is 1.59 bits per heavy atom. The maximum atomic E-state index is 12.3. The summed E-state index contributed by atoms with van der Waals surface area (Å²) in [5, 5.41) is 10.4. The Morgan fingerprint density at radius 1 is 0.963 bits per heavy atom. The topological polar surface area (TPSA) is 86.5 Å². The molecule has 2 aromatic rings. The number of thioether (sulfide) groups is 1. The van der Waals surface area contributed by atoms with E-state index in [0.717, 1.165) is 37.4 Å². The number of benzene rings is 2. The minimum atomic E-state index is -0.488. The SMILES string of the molecule is CCCCCCOC(=O)c1ccc(C(=O)Sc2ccc([N+](=O)[O-])cc2)cc1. The molecular weight excluding hydrogens is 366 g/mol. The van der Waals surface area contributed by atoms with E-state index in [1.807, 2.05) is 0 Å². The van der Waals surface area contributed by atoms with Crippen LogP contribution in [0.2, 0.25) is 0 Å². The predicted molar refractivity (Wildman–Crippen MR) is 104 cm³/mol. The second-order valence-corrected chi connectivity index (χ2v) is 6.96. The molecule has 6 nitrogen and oxygen atoms in total. The number of hydrogen-bond donors (Lipinski definition) is 0. The zero-order valence-electron chi connectivity index (χ0n) is 15.1. The first-order valence-electron chi connectivity index (χ1n) is 8.75. The van der Waals surface area contributed by atoms with Gasteiger partial charge in [0.05, 0.1) is 17.1 Å². The molecule has 0 saturated heterocycles. The van der Waals surface area contributed by atoms with Crippen LogP contribution in [0.4, 0.5) is 5.69 Å². The summed E-state index contributed by atoms with van der Waals surface area (Å²) < 4.78 is 5.22. The molecule has 0 atom stereocenters. The number of unbranched alkanes of at least 4 members (excludes halogenated alkanes) is 3. The van der Waals surface area contributed by atoms with Gasteiger partial charge in [0.15, 0.2) is 0 Å². The van der Waals surface area contributed by atoms with Crippen LogP contribution in [0.5, 0.6) is 0 Å². The number of hydrogen-bond acceptors (Lipinski definition) is 6. The highest BCUT2D eigenvalue weighted by Crippen LogP contribution is 2.25. The second kappa shape index (κ2) is 10.5. The van der Waals surface area contributed by atoms with Crippen molar-refractivity contribution >= 4 is 28.5 Å². The third-order valence-electron chi connectivity index (χ3n) is 3.85. The monoisotopic (exact) mass is 387 g/mol. The quantitative estimate of drug-likeness (QED) is 0.192. The Hall–Kier alpha value is -2.67. The molecule has 0 aliphatic heterocycles. The lowest BCUT2D eigenvalue weighted by atomic mass is 10.1. The van der Waals surface area contributed by atoms with Crippen LogP contribution in [0, 0.1) is 10.1 Å². The molecular formula is C20H21NO5S. The molecule has 0 unspecified atom stereocenters. The lowest BCUT2D eigenvalue weighted by molar-refractivity contribution is -0.384. The van der Waals surface area contributed by atoms with E-state index in [-0.39, 0.29) is 10.8 Å². The van der Waals surface area contributed by atoms with E-state index in [1.165, 1.54) is 24.3 Å². The molecule has 0 spiro atoms. The van der Waals surface area contributed by atoms with E-state index in [4.69, 9.17) is 4.74 Å². The second-order valence-electron chi connectivity index (χ2n) is 5.91. The normalized spacial score (nSPS) is 10.4. The summed E-state index contributed by atoms with van der Waals surface area (Å²) in [5.74, 6) is -0.395. The van der Waals surface area contributed by atoms with E-state index < -0.39 is 10.9 Å². The van der Waals surface area contributed by atoms with Gasteiger partial charge >= 0.3 is 5.97 Å². The van der Waals surface area contributed by atoms with Crippen LogP contribution >= 0.6 is 11.8 Å². The van der Waals surface area contributed by atoms with Crippen molar-refractivity contribution in [2.75, 3.05) is 6.61 Å². The molecule has 0 saturated carbocycles. The number of non-ortho nitro benzene ring substituents is 1. The summed E-state index contributed by atoms with van der Waals surface area (Å²) in [5.41, 5.74) is 0.824. The van der Waals surface area contributed by atoms with Crippen molar-refractivity contribution in [1.82, 2.24) is 0 Å². The van der Waals surface area contributed by atoms with Crippen LogP contribution in [0.25, 0.3) is 0 Å². The van der Waals surface area contributed by atoms with Gasteiger partial charge in [0.1, 0.15) is 0 Å². The van der Waals surface area contributed by atoms with Crippen LogP contribution in [0.3, 0.4) is 0 Å². The molecule has 0 bridgehead atoms. The molecule has 0 aliphatic carbocycles. The highest BCUT2D eigenvalue weighted by atomic mass is 32.2. The van der Waals surface area contributed by atoms with Crippen molar-refractivity contribution in [3.63, 3.8) is 0 Å². The molecule has 27 heavy (non-hydrogen) atoms. The van der Waals surface area contributed by atoms with Crippen molar-refractivity contribution in [3.8, 4) is 0 Å². The third kappa shape index (κ3) is 6.53. The van der Waals surface area contributed by atoms with Gasteiger partial charge in [-0.25, -0.2) is 4.79 Å². The van der Waals surface area contributed by atoms with Gasteiger partial charge in [-0.05, 0) is 54.6 Å². The molecule has 0 heterocycles. The van der Waals surface area contributed by atoms with Gasteiger partial charge < -0.3 is 4.74 Å². The van der Waals surface area contributed by atoms with Crippen molar-refractivity contribution in [1.29, 1.82) is 0 Å². The maximum absolute atomic E-state index is 12.3. The van der Waals surface area contributed by atoms with E-state index in [9.17, 15) is 19.7 Å². The van der Waals surface area contributed by atoms with Crippen molar-refractivity contribution < 1.29 is 19.2 Å². The molecule has 0 N–H and O–H groups in total. The zero-order chi connectivity index (χ0) is 19.6. The smallest absolute Gasteiger partial charge is 0.338 e. The Kier molecular flexibility index (Phi) is 8.00. The number of carbonyl (C=O) groups is 2. The van der Waals surface area contributed by atoms with E-state index in [0.29, 0.717) is 22.6 Å². The predicted octanol–water partition coefficient (Wildman–Crippen LogP) is 5.26. The fourth-order valence-electron chi connectivity index (χ4n) is 2.32. The number of rotatable bonds is 9. The van der Waals surface area contributed by atoms with Crippen LogP contribution in [-0.2, 0) is 4.74 Å². The average Bonchev–Trinajstić information content (AvgIpc) is 2.68. The molecule has 2 aromatic carbocycles. The first-order chi connectivity index (χ1) is 13.0. The van der Waals surface area contributed by atoms with Crippen LogP contribution in [0.1, 0.15) is 53.3 Å². The minimum absolute atomic E-state index is 0.0237. The number of nitro benzene ring substituents is 1. The van der Waals surface area contributed by atoms with Gasteiger partial charge in [-0.1, -0.05) is 26.2 Å². The lowest BCUT2D eigenvalue weighted by Crippen LogP contribution is -2.07. The number of nitro groups is 1. The van der Waals surface area contributed by atoms with E-state index in [1.54, 1.807) is 24.3 Å². The van der Waals surface area contributed by atoms with Crippen molar-refractivity contribution in [2.45, 2.75) is 37.5 Å². The summed E-state index contributed by atoms with van der Waals surface area (Å²) in [6.07, 6.45) is 4.14. The zero-order valence-corrected chi connectivity index (χ0v) is 15.9. The lowest BCUT2D eigenvalue weighted by Gasteiger charge is -2.06. The number of nitrogens with zero attached hydrogens (tertiary/aromatic N) is 1. The Bertz CT molecular complexity index is 787.